The van der Waals surface area contributed by atoms with E-state index in [1.807, 2.05) is 6.07 Å². The topological polar surface area (TPSA) is 55.2 Å². The van der Waals surface area contributed by atoms with Crippen molar-refractivity contribution in [2.75, 3.05) is 0 Å². The average Bonchev–Trinajstić information content (AvgIpc) is 2.93. The number of nitro benzene ring substituents is 1. The number of hydrogen-bond donors (Lipinski definition) is 1. The molecule has 2 rings (SSSR count). The maximum absolute atomic E-state index is 10.8. The minimum Gasteiger partial charge on any atom is -0.307 e. The summed E-state index contributed by atoms with van der Waals surface area (Å²) in [4.78, 5) is 10.5. The Labute approximate surface area is 108 Å². The van der Waals surface area contributed by atoms with Gasteiger partial charge in [0.1, 0.15) is 0 Å². The average molecular weight is 248 g/mol. The third-order valence-corrected chi connectivity index (χ3v) is 3.81. The number of nitrogens with one attached hydrogen (secondary N) is 1. The fraction of sp³-hybridized carbons (Fsp3) is 0.571. The standard InChI is InChI=1S/C14H20N2O2/c1-4-12(15-13-9-14(13,2)3)10-6-5-7-11(8-10)16(17)18/h5-8,12-13,15H,4,9H2,1-3H3. The van der Waals surface area contributed by atoms with Crippen molar-refractivity contribution in [3.05, 3.63) is 39.9 Å². The van der Waals surface area contributed by atoms with Crippen molar-refractivity contribution >= 4 is 5.69 Å². The van der Waals surface area contributed by atoms with Crippen LogP contribution >= 0.6 is 0 Å². The van der Waals surface area contributed by atoms with E-state index in [9.17, 15) is 10.1 Å². The highest BCUT2D eigenvalue weighted by molar-refractivity contribution is 5.36. The molecule has 0 amide bonds. The summed E-state index contributed by atoms with van der Waals surface area (Å²) in [6.07, 6.45) is 2.12. The molecule has 0 heterocycles. The first-order valence-corrected chi connectivity index (χ1v) is 6.44. The number of benzene rings is 1. The monoisotopic (exact) mass is 248 g/mol. The minimum atomic E-state index is -0.336. The molecule has 1 aliphatic rings. The molecule has 0 radical (unpaired) electrons. The van der Waals surface area contributed by atoms with E-state index in [4.69, 9.17) is 0 Å². The van der Waals surface area contributed by atoms with E-state index in [0.29, 0.717) is 11.5 Å². The summed E-state index contributed by atoms with van der Waals surface area (Å²) in [5, 5.41) is 14.4. The van der Waals surface area contributed by atoms with E-state index in [0.717, 1.165) is 12.0 Å². The zero-order chi connectivity index (χ0) is 13.3. The molecule has 1 N–H and O–H groups in total. The van der Waals surface area contributed by atoms with Crippen LogP contribution < -0.4 is 5.32 Å². The molecule has 0 aliphatic heterocycles. The molecule has 1 aromatic rings. The molecule has 0 saturated heterocycles. The first-order chi connectivity index (χ1) is 8.44. The van der Waals surface area contributed by atoms with Gasteiger partial charge in [-0.1, -0.05) is 32.9 Å². The van der Waals surface area contributed by atoms with Crippen LogP contribution in [0, 0.1) is 15.5 Å². The molecule has 18 heavy (non-hydrogen) atoms. The van der Waals surface area contributed by atoms with Gasteiger partial charge in [-0.2, -0.15) is 0 Å². The van der Waals surface area contributed by atoms with Crippen molar-refractivity contribution in [1.29, 1.82) is 0 Å². The first kappa shape index (κ1) is 13.0. The highest BCUT2D eigenvalue weighted by Gasteiger charge is 2.46. The molecule has 2 unspecified atom stereocenters. The molecule has 0 spiro atoms. The fourth-order valence-electron chi connectivity index (χ4n) is 2.30. The number of hydrogen-bond acceptors (Lipinski definition) is 3. The number of rotatable bonds is 5. The fourth-order valence-corrected chi connectivity index (χ4v) is 2.30. The van der Waals surface area contributed by atoms with Crippen molar-refractivity contribution in [3.63, 3.8) is 0 Å². The first-order valence-electron chi connectivity index (χ1n) is 6.44. The van der Waals surface area contributed by atoms with Crippen LogP contribution in [0.3, 0.4) is 0 Å². The van der Waals surface area contributed by atoms with Gasteiger partial charge in [-0.3, -0.25) is 10.1 Å². The second kappa shape index (κ2) is 4.69. The minimum absolute atomic E-state index is 0.169. The number of nitrogens with zero attached hydrogens (tertiary/aromatic N) is 1. The Bertz CT molecular complexity index is 457. The summed E-state index contributed by atoms with van der Waals surface area (Å²) in [6, 6.07) is 7.67. The lowest BCUT2D eigenvalue weighted by atomic mass is 10.0. The highest BCUT2D eigenvalue weighted by atomic mass is 16.6. The molecular weight excluding hydrogens is 228 g/mol. The lowest BCUT2D eigenvalue weighted by molar-refractivity contribution is -0.384. The maximum atomic E-state index is 10.8. The summed E-state index contributed by atoms with van der Waals surface area (Å²) in [7, 11) is 0. The zero-order valence-electron chi connectivity index (χ0n) is 11.1. The van der Waals surface area contributed by atoms with Gasteiger partial charge in [0.2, 0.25) is 0 Å². The quantitative estimate of drug-likeness (QED) is 0.641. The van der Waals surface area contributed by atoms with Crippen LogP contribution in [-0.2, 0) is 0 Å². The normalized spacial score (nSPS) is 22.5. The molecule has 4 heteroatoms. The predicted octanol–water partition coefficient (Wildman–Crippen LogP) is 3.43. The number of nitro groups is 1. The van der Waals surface area contributed by atoms with Gasteiger partial charge in [0.15, 0.2) is 0 Å². The molecule has 1 saturated carbocycles. The second-order valence-corrected chi connectivity index (χ2v) is 5.72. The third kappa shape index (κ3) is 2.70. The van der Waals surface area contributed by atoms with Gasteiger partial charge >= 0.3 is 0 Å². The molecule has 0 bridgehead atoms. The van der Waals surface area contributed by atoms with Crippen LogP contribution in [0.5, 0.6) is 0 Å². The van der Waals surface area contributed by atoms with Crippen LogP contribution in [0.25, 0.3) is 0 Å². The smallest absolute Gasteiger partial charge is 0.269 e. The largest absolute Gasteiger partial charge is 0.307 e. The molecule has 1 fully saturated rings. The molecule has 2 atom stereocenters. The zero-order valence-corrected chi connectivity index (χ0v) is 11.1. The van der Waals surface area contributed by atoms with Gasteiger partial charge in [-0.15, -0.1) is 0 Å². The molecule has 1 aromatic carbocycles. The van der Waals surface area contributed by atoms with Gasteiger partial charge in [-0.05, 0) is 23.8 Å². The van der Waals surface area contributed by atoms with E-state index in [1.54, 1.807) is 12.1 Å². The summed E-state index contributed by atoms with van der Waals surface area (Å²) < 4.78 is 0. The van der Waals surface area contributed by atoms with Crippen molar-refractivity contribution in [1.82, 2.24) is 5.32 Å². The summed E-state index contributed by atoms with van der Waals surface area (Å²) in [6.45, 7) is 6.58. The van der Waals surface area contributed by atoms with E-state index in [1.165, 1.54) is 12.5 Å². The van der Waals surface area contributed by atoms with Crippen molar-refractivity contribution in [3.8, 4) is 0 Å². The van der Waals surface area contributed by atoms with Gasteiger partial charge < -0.3 is 5.32 Å². The number of non-ortho nitro benzene ring substituents is 1. The maximum Gasteiger partial charge on any atom is 0.269 e. The molecular formula is C14H20N2O2. The van der Waals surface area contributed by atoms with Crippen LogP contribution in [0.4, 0.5) is 5.69 Å². The SMILES string of the molecule is CCC(NC1CC1(C)C)c1cccc([N+](=O)[O-])c1. The van der Waals surface area contributed by atoms with Crippen molar-refractivity contribution in [2.45, 2.75) is 45.7 Å². The van der Waals surface area contributed by atoms with Crippen molar-refractivity contribution in [2.24, 2.45) is 5.41 Å². The Morgan fingerprint density at radius 1 is 1.56 bits per heavy atom. The molecule has 98 valence electrons. The van der Waals surface area contributed by atoms with E-state index in [-0.39, 0.29) is 16.7 Å². The summed E-state index contributed by atoms with van der Waals surface area (Å²) in [5.41, 5.74) is 1.55. The molecule has 1 aliphatic carbocycles. The van der Waals surface area contributed by atoms with Crippen LogP contribution in [0.2, 0.25) is 0 Å². The highest BCUT2D eigenvalue weighted by Crippen LogP contribution is 2.46. The van der Waals surface area contributed by atoms with E-state index >= 15 is 0 Å². The Balaban J connectivity index is 2.12. The third-order valence-electron chi connectivity index (χ3n) is 3.81. The van der Waals surface area contributed by atoms with Gasteiger partial charge in [0.05, 0.1) is 4.92 Å². The summed E-state index contributed by atoms with van der Waals surface area (Å²) in [5.74, 6) is 0. The Morgan fingerprint density at radius 3 is 2.72 bits per heavy atom. The summed E-state index contributed by atoms with van der Waals surface area (Å²) >= 11 is 0. The van der Waals surface area contributed by atoms with Gasteiger partial charge in [-0.25, -0.2) is 0 Å². The lowest BCUT2D eigenvalue weighted by Crippen LogP contribution is -2.25. The lowest BCUT2D eigenvalue weighted by Gasteiger charge is -2.18. The van der Waals surface area contributed by atoms with Crippen LogP contribution in [-0.4, -0.2) is 11.0 Å². The molecule has 4 nitrogen and oxygen atoms in total. The van der Waals surface area contributed by atoms with E-state index in [2.05, 4.69) is 26.1 Å². The molecule has 0 aromatic heterocycles. The van der Waals surface area contributed by atoms with Gasteiger partial charge in [0, 0.05) is 24.2 Å². The van der Waals surface area contributed by atoms with Crippen LogP contribution in [0.15, 0.2) is 24.3 Å². The van der Waals surface area contributed by atoms with Crippen molar-refractivity contribution < 1.29 is 4.92 Å². The van der Waals surface area contributed by atoms with Crippen LogP contribution in [0.1, 0.15) is 45.2 Å². The predicted molar refractivity (Wildman–Crippen MR) is 71.5 cm³/mol. The van der Waals surface area contributed by atoms with Gasteiger partial charge in [0.25, 0.3) is 5.69 Å². The Morgan fingerprint density at radius 2 is 2.22 bits per heavy atom. The van der Waals surface area contributed by atoms with E-state index < -0.39 is 0 Å². The second-order valence-electron chi connectivity index (χ2n) is 5.72. The Kier molecular flexibility index (Phi) is 3.39. The Hall–Kier alpha value is -1.42.